The van der Waals surface area contributed by atoms with Crippen LogP contribution in [0.25, 0.3) is 21.2 Å². The number of hydrogen-bond donors (Lipinski definition) is 2. The van der Waals surface area contributed by atoms with Crippen molar-refractivity contribution >= 4 is 45.0 Å². The highest BCUT2D eigenvalue weighted by Crippen LogP contribution is 2.39. The van der Waals surface area contributed by atoms with Gasteiger partial charge in [-0.2, -0.15) is 0 Å². The molecule has 1 aliphatic rings. The Kier molecular flexibility index (Phi) is 9.00. The van der Waals surface area contributed by atoms with Crippen molar-refractivity contribution in [2.45, 2.75) is 38.3 Å². The Labute approximate surface area is 248 Å². The highest BCUT2D eigenvalue weighted by Gasteiger charge is 2.32. The number of ether oxygens (including phenoxy) is 2. The monoisotopic (exact) mass is 592 g/mol. The largest absolute Gasteiger partial charge is 0.497 e. The third-order valence-electron chi connectivity index (χ3n) is 7.83. The first-order chi connectivity index (χ1) is 19.9. The summed E-state index contributed by atoms with van der Waals surface area (Å²) in [7, 11) is 3.28. The zero-order chi connectivity index (χ0) is 28.9. The molecule has 0 spiro atoms. The number of fused-ring (bicyclic) bond motifs is 1. The van der Waals surface area contributed by atoms with Crippen molar-refractivity contribution in [2.75, 3.05) is 20.8 Å². The molecular formula is C32H33ClN2O5S. The van der Waals surface area contributed by atoms with E-state index in [1.54, 1.807) is 14.2 Å². The lowest BCUT2D eigenvalue weighted by molar-refractivity contribution is 0.0592. The molecule has 3 aromatic carbocycles. The Hall–Kier alpha value is -3.75. The number of thiophene rings is 1. The van der Waals surface area contributed by atoms with Gasteiger partial charge in [0.2, 0.25) is 0 Å². The summed E-state index contributed by atoms with van der Waals surface area (Å²) in [5.74, 6) is 1.65. The number of hydrogen-bond acceptors (Lipinski definition) is 5. The molecule has 1 saturated carbocycles. The number of rotatable bonds is 9. The van der Waals surface area contributed by atoms with Crippen LogP contribution in [0.2, 0.25) is 5.02 Å². The lowest BCUT2D eigenvalue weighted by Gasteiger charge is -2.37. The Balaban J connectivity index is 1.47. The minimum atomic E-state index is -1.01. The molecule has 7 nitrogen and oxygen atoms in total. The predicted octanol–water partition coefficient (Wildman–Crippen LogP) is 7.71. The molecule has 1 aromatic heterocycles. The zero-order valence-corrected chi connectivity index (χ0v) is 24.6. The van der Waals surface area contributed by atoms with Crippen molar-refractivity contribution < 1.29 is 24.2 Å². The van der Waals surface area contributed by atoms with Crippen LogP contribution in [0, 0.1) is 5.92 Å². The molecule has 0 atom stereocenters. The Morgan fingerprint density at radius 2 is 1.68 bits per heavy atom. The molecule has 0 saturated heterocycles. The van der Waals surface area contributed by atoms with E-state index < -0.39 is 6.09 Å². The number of carbonyl (C=O) groups is 2. The summed E-state index contributed by atoms with van der Waals surface area (Å²) in [5.41, 5.74) is 2.95. The molecule has 0 aliphatic heterocycles. The Morgan fingerprint density at radius 3 is 2.34 bits per heavy atom. The van der Waals surface area contributed by atoms with Crippen LogP contribution < -0.4 is 14.8 Å². The van der Waals surface area contributed by atoms with Crippen LogP contribution in [-0.2, 0) is 6.54 Å². The smallest absolute Gasteiger partial charge is 0.404 e. The summed E-state index contributed by atoms with van der Waals surface area (Å²) in [4.78, 5) is 27.7. The lowest BCUT2D eigenvalue weighted by Crippen LogP contribution is -2.43. The van der Waals surface area contributed by atoms with Gasteiger partial charge in [0.05, 0.1) is 19.2 Å². The molecule has 0 bridgehead atoms. The second-order valence-corrected chi connectivity index (χ2v) is 11.7. The number of carbonyl (C=O) groups excluding carboxylic acids is 1. The average molecular weight is 593 g/mol. The van der Waals surface area contributed by atoms with E-state index in [2.05, 4.69) is 11.4 Å². The van der Waals surface area contributed by atoms with Gasteiger partial charge >= 0.3 is 6.09 Å². The first-order valence-electron chi connectivity index (χ1n) is 13.6. The fourth-order valence-electron chi connectivity index (χ4n) is 5.59. The van der Waals surface area contributed by atoms with E-state index in [-0.39, 0.29) is 17.9 Å². The number of carboxylic acid groups (broad SMARTS) is 1. The van der Waals surface area contributed by atoms with Gasteiger partial charge in [0, 0.05) is 34.8 Å². The second-order valence-electron chi connectivity index (χ2n) is 10.3. The van der Waals surface area contributed by atoms with E-state index in [0.717, 1.165) is 58.2 Å². The van der Waals surface area contributed by atoms with Gasteiger partial charge in [0.1, 0.15) is 16.4 Å². The van der Waals surface area contributed by atoms with Gasteiger partial charge in [0.25, 0.3) is 5.91 Å². The van der Waals surface area contributed by atoms with Gasteiger partial charge in [-0.05, 0) is 73.1 Å². The van der Waals surface area contributed by atoms with Crippen molar-refractivity contribution in [3.05, 3.63) is 82.2 Å². The summed E-state index contributed by atoms with van der Waals surface area (Å²) < 4.78 is 12.0. The van der Waals surface area contributed by atoms with Gasteiger partial charge in [-0.15, -0.1) is 11.3 Å². The SMILES string of the molecule is COc1ccc(-c2ccc(OC)c(CN(C(=O)c3sc4ccccc4c3Cl)C3CCC(CNC(=O)O)CC3)c2)cc1. The summed E-state index contributed by atoms with van der Waals surface area (Å²) in [5, 5.41) is 12.9. The lowest BCUT2D eigenvalue weighted by atomic mass is 9.85. The fraction of sp³-hybridized carbons (Fsp3) is 0.312. The van der Waals surface area contributed by atoms with E-state index in [1.165, 1.54) is 11.3 Å². The van der Waals surface area contributed by atoms with Crippen LogP contribution >= 0.6 is 22.9 Å². The van der Waals surface area contributed by atoms with Crippen LogP contribution in [0.3, 0.4) is 0 Å². The molecule has 214 valence electrons. The van der Waals surface area contributed by atoms with Gasteiger partial charge in [-0.1, -0.05) is 48.0 Å². The maximum atomic E-state index is 14.3. The van der Waals surface area contributed by atoms with Crippen molar-refractivity contribution in [2.24, 2.45) is 5.92 Å². The van der Waals surface area contributed by atoms with Crippen LogP contribution in [-0.4, -0.2) is 48.8 Å². The molecule has 2 amide bonds. The molecule has 4 aromatic rings. The second kappa shape index (κ2) is 12.8. The summed E-state index contributed by atoms with van der Waals surface area (Å²) in [6.07, 6.45) is 2.21. The van der Waals surface area contributed by atoms with Crippen molar-refractivity contribution in [3.8, 4) is 22.6 Å². The minimum absolute atomic E-state index is 0.0146. The van der Waals surface area contributed by atoms with Crippen LogP contribution in [0.5, 0.6) is 11.5 Å². The highest BCUT2D eigenvalue weighted by atomic mass is 35.5. The number of halogens is 1. The van der Waals surface area contributed by atoms with E-state index in [4.69, 9.17) is 26.2 Å². The maximum absolute atomic E-state index is 14.3. The van der Waals surface area contributed by atoms with Crippen LogP contribution in [0.15, 0.2) is 66.7 Å². The Morgan fingerprint density at radius 1 is 0.976 bits per heavy atom. The normalized spacial score (nSPS) is 16.8. The van der Waals surface area contributed by atoms with Gasteiger partial charge < -0.3 is 24.8 Å². The number of nitrogens with zero attached hydrogens (tertiary/aromatic N) is 1. The van der Waals surface area contributed by atoms with E-state index in [1.807, 2.05) is 65.6 Å². The summed E-state index contributed by atoms with van der Waals surface area (Å²) >= 11 is 8.20. The van der Waals surface area contributed by atoms with Crippen LogP contribution in [0.1, 0.15) is 40.9 Å². The number of benzene rings is 3. The number of amides is 2. The third-order valence-corrected chi connectivity index (χ3v) is 9.50. The molecule has 1 heterocycles. The standard InChI is InChI=1S/C32H33ClN2O5S/c1-39-25-14-9-21(10-15-25)22-11-16-27(40-2)23(17-22)19-35(24-12-7-20(8-13-24)18-34-32(37)38)31(36)30-29(33)26-5-3-4-6-28(26)41-30/h3-6,9-11,14-17,20,24,34H,7-8,12-13,18-19H2,1-2H3,(H,37,38). The molecular weight excluding hydrogens is 560 g/mol. The molecule has 5 rings (SSSR count). The third kappa shape index (κ3) is 6.44. The molecule has 41 heavy (non-hydrogen) atoms. The minimum Gasteiger partial charge on any atom is -0.497 e. The Bertz CT molecular complexity index is 1530. The highest BCUT2D eigenvalue weighted by molar-refractivity contribution is 7.21. The summed E-state index contributed by atoms with van der Waals surface area (Å²) in [6, 6.07) is 21.7. The maximum Gasteiger partial charge on any atom is 0.404 e. The topological polar surface area (TPSA) is 88.1 Å². The number of methoxy groups -OCH3 is 2. The first kappa shape index (κ1) is 28.8. The molecule has 2 N–H and O–H groups in total. The number of nitrogens with one attached hydrogen (secondary N) is 1. The quantitative estimate of drug-likeness (QED) is 0.208. The van der Waals surface area contributed by atoms with Gasteiger partial charge in [-0.25, -0.2) is 4.79 Å². The average Bonchev–Trinajstić information content (AvgIpc) is 3.35. The van der Waals surface area contributed by atoms with Crippen molar-refractivity contribution in [1.82, 2.24) is 10.2 Å². The van der Waals surface area contributed by atoms with E-state index in [0.29, 0.717) is 28.7 Å². The van der Waals surface area contributed by atoms with Crippen molar-refractivity contribution in [1.29, 1.82) is 0 Å². The fourth-order valence-corrected chi connectivity index (χ4v) is 7.06. The molecule has 0 radical (unpaired) electrons. The molecule has 9 heteroatoms. The molecule has 1 aliphatic carbocycles. The molecule has 0 unspecified atom stereocenters. The van der Waals surface area contributed by atoms with Crippen molar-refractivity contribution in [3.63, 3.8) is 0 Å². The predicted molar refractivity (Wildman–Crippen MR) is 163 cm³/mol. The zero-order valence-electron chi connectivity index (χ0n) is 23.1. The van der Waals surface area contributed by atoms with Crippen LogP contribution in [0.4, 0.5) is 4.79 Å². The van der Waals surface area contributed by atoms with E-state index in [9.17, 15) is 9.59 Å². The summed E-state index contributed by atoms with van der Waals surface area (Å²) in [6.45, 7) is 0.787. The van der Waals surface area contributed by atoms with E-state index >= 15 is 0 Å². The first-order valence-corrected chi connectivity index (χ1v) is 14.8. The van der Waals surface area contributed by atoms with Gasteiger partial charge in [-0.3, -0.25) is 4.79 Å². The molecule has 1 fully saturated rings. The van der Waals surface area contributed by atoms with Gasteiger partial charge in [0.15, 0.2) is 0 Å².